The van der Waals surface area contributed by atoms with E-state index < -0.39 is 0 Å². The van der Waals surface area contributed by atoms with E-state index in [-0.39, 0.29) is 18.5 Å². The van der Waals surface area contributed by atoms with Crippen molar-refractivity contribution in [2.75, 3.05) is 14.2 Å². The van der Waals surface area contributed by atoms with Gasteiger partial charge in [-0.15, -0.1) is 0 Å². The summed E-state index contributed by atoms with van der Waals surface area (Å²) in [5, 5.41) is 0. The molecule has 0 spiro atoms. The van der Waals surface area contributed by atoms with Crippen LogP contribution in [0.2, 0.25) is 0 Å². The predicted octanol–water partition coefficient (Wildman–Crippen LogP) is 5.63. The molecule has 0 radical (unpaired) electrons. The van der Waals surface area contributed by atoms with Crippen molar-refractivity contribution in [2.45, 2.75) is 72.4 Å². The summed E-state index contributed by atoms with van der Waals surface area (Å²) in [6, 6.07) is 0. The van der Waals surface area contributed by atoms with E-state index in [4.69, 9.17) is 14.2 Å². The number of methoxy groups -OCH3 is 2. The van der Waals surface area contributed by atoms with Crippen LogP contribution < -0.4 is 0 Å². The predicted molar refractivity (Wildman–Crippen MR) is 103 cm³/mol. The highest BCUT2D eigenvalue weighted by Gasteiger charge is 2.45. The molecule has 2 rings (SSSR count). The number of ether oxygens (including phenoxy) is 3. The average molecular weight is 349 g/mol. The molecule has 0 aromatic rings. The summed E-state index contributed by atoms with van der Waals surface area (Å²) >= 11 is 0. The van der Waals surface area contributed by atoms with Crippen LogP contribution in [0.3, 0.4) is 0 Å². The van der Waals surface area contributed by atoms with Crippen LogP contribution in [-0.4, -0.2) is 26.8 Å². The van der Waals surface area contributed by atoms with Crippen molar-refractivity contribution in [1.82, 2.24) is 0 Å². The second kappa shape index (κ2) is 9.70. The molecule has 1 aliphatic carbocycles. The van der Waals surface area contributed by atoms with Crippen LogP contribution in [0.25, 0.3) is 0 Å². The van der Waals surface area contributed by atoms with E-state index in [0.29, 0.717) is 11.8 Å². The van der Waals surface area contributed by atoms with Gasteiger partial charge in [0, 0.05) is 20.1 Å². The van der Waals surface area contributed by atoms with Gasteiger partial charge in [-0.05, 0) is 70.3 Å². The third-order valence-electron chi connectivity index (χ3n) is 5.71. The highest BCUT2D eigenvalue weighted by molar-refractivity contribution is 5.20. The molecule has 1 aliphatic heterocycles. The third kappa shape index (κ3) is 5.29. The standard InChI is InChI=1S/C22H36O3/c1-15(2)9-7-11-17(4)18-14-13-16(3)10-8-12-19-20(18)22(24-6)25-21(19)23-5/h9-10,12,17-18,20-22H,7-8,11,13-14H2,1-6H3/b16-10+,19-12+/t17?,18-,20-,21?,22-/m1/s1. The Labute approximate surface area is 154 Å². The number of allylic oxidation sites excluding steroid dienone is 5. The van der Waals surface area contributed by atoms with Crippen molar-refractivity contribution in [3.05, 3.63) is 34.9 Å². The van der Waals surface area contributed by atoms with Gasteiger partial charge in [-0.25, -0.2) is 0 Å². The van der Waals surface area contributed by atoms with Crippen LogP contribution in [0.5, 0.6) is 0 Å². The molecule has 5 atom stereocenters. The lowest BCUT2D eigenvalue weighted by atomic mass is 9.74. The summed E-state index contributed by atoms with van der Waals surface area (Å²) in [6.45, 7) is 9.00. The van der Waals surface area contributed by atoms with Gasteiger partial charge in [0.15, 0.2) is 12.6 Å². The minimum atomic E-state index is -0.269. The van der Waals surface area contributed by atoms with Crippen molar-refractivity contribution < 1.29 is 14.2 Å². The molecule has 0 N–H and O–H groups in total. The van der Waals surface area contributed by atoms with Crippen molar-refractivity contribution in [2.24, 2.45) is 17.8 Å². The molecule has 0 aromatic carbocycles. The van der Waals surface area contributed by atoms with E-state index in [1.165, 1.54) is 29.6 Å². The molecule has 0 aromatic heterocycles. The molecule has 3 nitrogen and oxygen atoms in total. The Morgan fingerprint density at radius 2 is 2.04 bits per heavy atom. The van der Waals surface area contributed by atoms with Gasteiger partial charge in [-0.2, -0.15) is 0 Å². The van der Waals surface area contributed by atoms with Crippen molar-refractivity contribution in [3.63, 3.8) is 0 Å². The van der Waals surface area contributed by atoms with Crippen molar-refractivity contribution in [3.8, 4) is 0 Å². The number of fused-ring (bicyclic) bond motifs is 1. The van der Waals surface area contributed by atoms with E-state index in [1.807, 2.05) is 0 Å². The van der Waals surface area contributed by atoms with E-state index in [1.54, 1.807) is 14.2 Å². The second-order valence-electron chi connectivity index (χ2n) is 7.86. The molecular weight excluding hydrogens is 312 g/mol. The van der Waals surface area contributed by atoms with Crippen LogP contribution in [-0.2, 0) is 14.2 Å². The van der Waals surface area contributed by atoms with Crippen molar-refractivity contribution >= 4 is 0 Å². The highest BCUT2D eigenvalue weighted by Crippen LogP contribution is 2.45. The maximum absolute atomic E-state index is 6.06. The van der Waals surface area contributed by atoms with Crippen LogP contribution >= 0.6 is 0 Å². The summed E-state index contributed by atoms with van der Waals surface area (Å²) in [4.78, 5) is 0. The topological polar surface area (TPSA) is 27.7 Å². The van der Waals surface area contributed by atoms with Crippen molar-refractivity contribution in [1.29, 1.82) is 0 Å². The van der Waals surface area contributed by atoms with Crippen LogP contribution in [0.1, 0.15) is 59.8 Å². The first-order chi connectivity index (χ1) is 12.0. The normalized spacial score (nSPS) is 35.3. The Kier molecular flexibility index (Phi) is 7.92. The molecule has 25 heavy (non-hydrogen) atoms. The zero-order valence-corrected chi connectivity index (χ0v) is 16.9. The van der Waals surface area contributed by atoms with E-state index >= 15 is 0 Å². The maximum atomic E-state index is 6.06. The third-order valence-corrected chi connectivity index (χ3v) is 5.71. The Bertz CT molecular complexity index is 513. The fourth-order valence-electron chi connectivity index (χ4n) is 4.23. The first-order valence-corrected chi connectivity index (χ1v) is 9.67. The quantitative estimate of drug-likeness (QED) is 0.582. The fourth-order valence-corrected chi connectivity index (χ4v) is 4.23. The summed E-state index contributed by atoms with van der Waals surface area (Å²) in [5.74, 6) is 1.45. The summed E-state index contributed by atoms with van der Waals surface area (Å²) in [7, 11) is 3.48. The Balaban J connectivity index is 2.26. The van der Waals surface area contributed by atoms with E-state index in [0.717, 1.165) is 19.3 Å². The van der Waals surface area contributed by atoms with Gasteiger partial charge < -0.3 is 14.2 Å². The monoisotopic (exact) mass is 348 g/mol. The zero-order chi connectivity index (χ0) is 18.4. The molecule has 1 saturated heterocycles. The van der Waals surface area contributed by atoms with Gasteiger partial charge in [-0.3, -0.25) is 0 Å². The van der Waals surface area contributed by atoms with Crippen LogP contribution in [0.15, 0.2) is 34.9 Å². The Morgan fingerprint density at radius 3 is 2.68 bits per heavy atom. The number of hydrogen-bond acceptors (Lipinski definition) is 3. The summed E-state index contributed by atoms with van der Waals surface area (Å²) in [6.07, 6.45) is 12.2. The highest BCUT2D eigenvalue weighted by atomic mass is 16.8. The largest absolute Gasteiger partial charge is 0.355 e. The van der Waals surface area contributed by atoms with Gasteiger partial charge >= 0.3 is 0 Å². The first-order valence-electron chi connectivity index (χ1n) is 9.67. The lowest BCUT2D eigenvalue weighted by Gasteiger charge is -2.32. The minimum Gasteiger partial charge on any atom is -0.355 e. The molecule has 0 saturated carbocycles. The lowest BCUT2D eigenvalue weighted by molar-refractivity contribution is -0.194. The molecule has 2 aliphatic rings. The molecular formula is C22H36O3. The summed E-state index contributed by atoms with van der Waals surface area (Å²) in [5.41, 5.74) is 4.17. The maximum Gasteiger partial charge on any atom is 0.183 e. The van der Waals surface area contributed by atoms with Gasteiger partial charge in [0.1, 0.15) is 0 Å². The summed E-state index contributed by atoms with van der Waals surface area (Å²) < 4.78 is 17.4. The average Bonchev–Trinajstić information content (AvgIpc) is 2.94. The van der Waals surface area contributed by atoms with Gasteiger partial charge in [0.25, 0.3) is 0 Å². The number of hydrogen-bond donors (Lipinski definition) is 0. The first kappa shape index (κ1) is 20.4. The number of rotatable bonds is 6. The Hall–Kier alpha value is -0.900. The van der Waals surface area contributed by atoms with Gasteiger partial charge in [-0.1, -0.05) is 36.3 Å². The van der Waals surface area contributed by atoms with Crippen LogP contribution in [0, 0.1) is 17.8 Å². The SMILES string of the molecule is COC1O[C@@H](OC)[C@H]2/C1=C\C/C=C(\C)CC[C@@H]2C(C)CCC=C(C)C. The molecule has 142 valence electrons. The van der Waals surface area contributed by atoms with E-state index in [2.05, 4.69) is 45.9 Å². The zero-order valence-electron chi connectivity index (χ0n) is 16.9. The van der Waals surface area contributed by atoms with Gasteiger partial charge in [0.05, 0.1) is 0 Å². The molecule has 0 bridgehead atoms. The second-order valence-corrected chi connectivity index (χ2v) is 7.86. The molecule has 1 heterocycles. The molecule has 0 amide bonds. The smallest absolute Gasteiger partial charge is 0.183 e. The Morgan fingerprint density at radius 1 is 1.28 bits per heavy atom. The fraction of sp³-hybridized carbons (Fsp3) is 0.727. The molecule has 2 unspecified atom stereocenters. The molecule has 3 heteroatoms. The lowest BCUT2D eigenvalue weighted by Crippen LogP contribution is -2.31. The van der Waals surface area contributed by atoms with Gasteiger partial charge in [0.2, 0.25) is 0 Å². The van der Waals surface area contributed by atoms with Crippen LogP contribution in [0.4, 0.5) is 0 Å². The minimum absolute atomic E-state index is 0.203. The van der Waals surface area contributed by atoms with E-state index in [9.17, 15) is 0 Å². The molecule has 1 fully saturated rings.